The van der Waals surface area contributed by atoms with E-state index in [9.17, 15) is 0 Å². The Morgan fingerprint density at radius 1 is 1.56 bits per heavy atom. The average Bonchev–Trinajstić information content (AvgIpc) is 2.31. The summed E-state index contributed by atoms with van der Waals surface area (Å²) in [5, 5.41) is 0. The SMILES string of the molecule is Cc1cc(C2C[CH-]CCO2)ccn1.[Br][Zn][Br]. The van der Waals surface area contributed by atoms with Gasteiger partial charge in [0.05, 0.1) is 6.10 Å². The van der Waals surface area contributed by atoms with Gasteiger partial charge in [-0.25, -0.2) is 0 Å². The van der Waals surface area contributed by atoms with Crippen LogP contribution in [-0.4, -0.2) is 11.6 Å². The van der Waals surface area contributed by atoms with Crippen molar-refractivity contribution >= 4 is 27.2 Å². The van der Waals surface area contributed by atoms with Crippen LogP contribution in [0.15, 0.2) is 18.3 Å². The summed E-state index contributed by atoms with van der Waals surface area (Å²) in [4.78, 5) is 4.17. The molecule has 0 saturated carbocycles. The first-order valence-electron chi connectivity index (χ1n) is 5.25. The van der Waals surface area contributed by atoms with E-state index in [4.69, 9.17) is 4.74 Å². The molecule has 0 N–H and O–H groups in total. The van der Waals surface area contributed by atoms with E-state index < -0.39 is 0 Å². The van der Waals surface area contributed by atoms with Crippen LogP contribution in [0, 0.1) is 13.3 Å². The van der Waals surface area contributed by atoms with Gasteiger partial charge in [0.2, 0.25) is 0 Å². The molecule has 0 radical (unpaired) electrons. The summed E-state index contributed by atoms with van der Waals surface area (Å²) in [6, 6.07) is 4.14. The number of hydrogen-bond acceptors (Lipinski definition) is 2. The van der Waals surface area contributed by atoms with Gasteiger partial charge < -0.3 is 11.2 Å². The van der Waals surface area contributed by atoms with Crippen molar-refractivity contribution in [3.63, 3.8) is 0 Å². The monoisotopic (exact) mass is 398 g/mol. The summed E-state index contributed by atoms with van der Waals surface area (Å²) in [5.41, 5.74) is 2.31. The molecule has 0 amide bonds. The molecule has 0 bridgehead atoms. The number of nitrogens with zero attached hydrogens (tertiary/aromatic N) is 1. The summed E-state index contributed by atoms with van der Waals surface area (Å²) in [7, 11) is 0. The molecule has 1 aliphatic heterocycles. The van der Waals surface area contributed by atoms with Crippen LogP contribution in [0.2, 0.25) is 0 Å². The molecule has 1 atom stereocenters. The van der Waals surface area contributed by atoms with Crippen molar-refractivity contribution in [1.82, 2.24) is 4.98 Å². The van der Waals surface area contributed by atoms with E-state index in [-0.39, 0.29) is 19.3 Å². The fourth-order valence-electron chi connectivity index (χ4n) is 1.63. The number of halogens is 2. The molecule has 2 rings (SSSR count). The van der Waals surface area contributed by atoms with Crippen molar-refractivity contribution < 1.29 is 17.9 Å². The summed E-state index contributed by atoms with van der Waals surface area (Å²) in [5.74, 6) is 0. The van der Waals surface area contributed by atoms with Crippen molar-refractivity contribution in [1.29, 1.82) is 0 Å². The third-order valence-electron chi connectivity index (χ3n) is 2.31. The number of rotatable bonds is 1. The standard InChI is InChI=1S/C11H14NO.2BrH.Zn/c1-9-8-10(5-6-12-9)11-4-2-3-7-13-11;;;/h2,5-6,8,11H,3-4,7H2,1H3;2*1H;/q-1;;;+2/p-2. The van der Waals surface area contributed by atoms with Crippen LogP contribution in [-0.2, 0) is 17.9 Å². The first-order valence-corrected chi connectivity index (χ1v) is 19.2. The van der Waals surface area contributed by atoms with Gasteiger partial charge in [-0.1, -0.05) is 0 Å². The summed E-state index contributed by atoms with van der Waals surface area (Å²) in [6.07, 6.45) is 6.52. The third kappa shape index (κ3) is 5.35. The summed E-state index contributed by atoms with van der Waals surface area (Å²) < 4.78 is 5.66. The maximum absolute atomic E-state index is 5.66. The molecule has 1 fully saturated rings. The zero-order chi connectivity index (χ0) is 11.8. The fourth-order valence-corrected chi connectivity index (χ4v) is 1.63. The third-order valence-corrected chi connectivity index (χ3v) is 2.31. The molecule has 16 heavy (non-hydrogen) atoms. The van der Waals surface area contributed by atoms with Crippen molar-refractivity contribution in [3.05, 3.63) is 36.0 Å². The molecule has 1 aliphatic rings. The van der Waals surface area contributed by atoms with Crippen LogP contribution in [0.4, 0.5) is 0 Å². The molecule has 1 saturated heterocycles. The molecule has 2 nitrogen and oxygen atoms in total. The topological polar surface area (TPSA) is 22.1 Å². The summed E-state index contributed by atoms with van der Waals surface area (Å²) in [6.45, 7) is 2.86. The Morgan fingerprint density at radius 3 is 2.88 bits per heavy atom. The second-order valence-corrected chi connectivity index (χ2v) is 17.6. The summed E-state index contributed by atoms with van der Waals surface area (Å²) >= 11 is 6.25. The molecular weight excluding hydrogens is 387 g/mol. The molecule has 1 aromatic rings. The van der Waals surface area contributed by atoms with Crippen molar-refractivity contribution in [2.24, 2.45) is 0 Å². The molecule has 0 aliphatic carbocycles. The predicted molar refractivity (Wildman–Crippen MR) is 69.1 cm³/mol. The van der Waals surface area contributed by atoms with Crippen LogP contribution in [0.1, 0.15) is 30.2 Å². The van der Waals surface area contributed by atoms with Crippen LogP contribution in [0.3, 0.4) is 0 Å². The molecule has 0 spiro atoms. The Labute approximate surface area is 118 Å². The minimum atomic E-state index is -0.250. The quantitative estimate of drug-likeness (QED) is 0.521. The normalized spacial score (nSPS) is 19.3. The van der Waals surface area contributed by atoms with Crippen molar-refractivity contribution in [2.75, 3.05) is 6.61 Å². The number of aromatic nitrogens is 1. The number of pyridine rings is 1. The van der Waals surface area contributed by atoms with Gasteiger partial charge in [-0.3, -0.25) is 4.98 Å². The van der Waals surface area contributed by atoms with Gasteiger partial charge in [-0.15, -0.1) is 6.42 Å². The van der Waals surface area contributed by atoms with Gasteiger partial charge in [0, 0.05) is 18.5 Å². The van der Waals surface area contributed by atoms with Gasteiger partial charge in [0.15, 0.2) is 0 Å². The van der Waals surface area contributed by atoms with Crippen LogP contribution in [0.5, 0.6) is 0 Å². The molecule has 86 valence electrons. The van der Waals surface area contributed by atoms with E-state index in [0.717, 1.165) is 25.1 Å². The van der Waals surface area contributed by atoms with Gasteiger partial charge in [0.25, 0.3) is 0 Å². The van der Waals surface area contributed by atoms with E-state index in [0.29, 0.717) is 0 Å². The van der Waals surface area contributed by atoms with Crippen molar-refractivity contribution in [3.8, 4) is 0 Å². The fraction of sp³-hybridized carbons (Fsp3) is 0.455. The first-order chi connectivity index (χ1) is 7.77. The van der Waals surface area contributed by atoms with E-state index in [1.807, 2.05) is 19.2 Å². The Morgan fingerprint density at radius 2 is 2.31 bits per heavy atom. The second-order valence-electron chi connectivity index (χ2n) is 3.50. The molecule has 1 aromatic heterocycles. The van der Waals surface area contributed by atoms with Gasteiger partial charge in [-0.05, 0) is 24.6 Å². The van der Waals surface area contributed by atoms with Crippen LogP contribution >= 0.6 is 27.2 Å². The number of ether oxygens (including phenoxy) is 1. The van der Waals surface area contributed by atoms with Gasteiger partial charge >= 0.3 is 40.5 Å². The average molecular weight is 401 g/mol. The zero-order valence-electron chi connectivity index (χ0n) is 9.33. The Kier molecular flexibility index (Phi) is 8.06. The van der Waals surface area contributed by atoms with E-state index in [2.05, 4.69) is 44.7 Å². The van der Waals surface area contributed by atoms with Crippen LogP contribution in [0.25, 0.3) is 0 Å². The van der Waals surface area contributed by atoms with Gasteiger partial charge in [0.1, 0.15) is 0 Å². The van der Waals surface area contributed by atoms with E-state index in [1.54, 1.807) is 0 Å². The number of hydrogen-bond donors (Lipinski definition) is 0. The molecule has 1 unspecified atom stereocenters. The Bertz CT molecular complexity index is 306. The molecule has 2 heterocycles. The van der Waals surface area contributed by atoms with Crippen LogP contribution < -0.4 is 0 Å². The van der Waals surface area contributed by atoms with E-state index >= 15 is 0 Å². The first kappa shape index (κ1) is 14.8. The Balaban J connectivity index is 0.000000386. The Hall–Kier alpha value is 0.693. The van der Waals surface area contributed by atoms with E-state index in [1.165, 1.54) is 5.56 Å². The molecule has 5 heteroatoms. The zero-order valence-corrected chi connectivity index (χ0v) is 15.5. The number of aryl methyl sites for hydroxylation is 1. The maximum atomic E-state index is 5.66. The second kappa shape index (κ2) is 8.74. The molecular formula is C11H14Br2NOZn-. The van der Waals surface area contributed by atoms with Gasteiger partial charge in [-0.2, -0.15) is 6.42 Å². The minimum absolute atomic E-state index is 0.250. The predicted octanol–water partition coefficient (Wildman–Crippen LogP) is 4.13. The van der Waals surface area contributed by atoms with Crippen molar-refractivity contribution in [2.45, 2.75) is 25.9 Å². The molecule has 0 aromatic carbocycles.